The number of hydrogen-bond acceptors (Lipinski definition) is 3. The zero-order valence-corrected chi connectivity index (χ0v) is 14.1. The van der Waals surface area contributed by atoms with E-state index in [9.17, 15) is 4.79 Å². The quantitative estimate of drug-likeness (QED) is 0.897. The molecule has 1 heterocycles. The molecule has 1 aromatic rings. The fraction of sp³-hybridized carbons (Fsp3) is 0.733. The van der Waals surface area contributed by atoms with Gasteiger partial charge in [-0.2, -0.15) is 5.10 Å². The maximum absolute atomic E-state index is 12.4. The normalized spacial score (nSPS) is 17.1. The minimum Gasteiger partial charge on any atom is -0.330 e. The van der Waals surface area contributed by atoms with Crippen molar-refractivity contribution in [3.8, 4) is 0 Å². The maximum atomic E-state index is 12.4. The van der Waals surface area contributed by atoms with Gasteiger partial charge in [-0.3, -0.25) is 9.48 Å². The van der Waals surface area contributed by atoms with Crippen molar-refractivity contribution in [3.05, 3.63) is 11.4 Å². The van der Waals surface area contributed by atoms with Crippen LogP contribution < -0.4 is 11.1 Å². The molecule has 3 N–H and O–H groups in total. The lowest BCUT2D eigenvalue weighted by atomic mass is 9.71. The second-order valence-corrected chi connectivity index (χ2v) is 6.16. The van der Waals surface area contributed by atoms with Crippen molar-refractivity contribution in [1.29, 1.82) is 0 Å². The standard InChI is InChI=1S/C15H26N4O.ClH/c1-11-14(12(2)19(3)18-11)17-13(20)9-15(10-16)7-5-4-6-8-15;/h4-10,16H2,1-3H3,(H,17,20);1H. The first-order valence-electron chi connectivity index (χ1n) is 7.47. The first kappa shape index (κ1) is 18.0. The molecular weight excluding hydrogens is 288 g/mol. The lowest BCUT2D eigenvalue weighted by Crippen LogP contribution is -2.36. The first-order chi connectivity index (χ1) is 9.47. The fourth-order valence-electron chi connectivity index (χ4n) is 3.23. The third kappa shape index (κ3) is 3.98. The number of nitrogens with one attached hydrogen (secondary N) is 1. The van der Waals surface area contributed by atoms with Crippen molar-refractivity contribution in [3.63, 3.8) is 0 Å². The van der Waals surface area contributed by atoms with E-state index in [-0.39, 0.29) is 23.7 Å². The molecule has 0 bridgehead atoms. The van der Waals surface area contributed by atoms with Crippen molar-refractivity contribution >= 4 is 24.0 Å². The van der Waals surface area contributed by atoms with Crippen LogP contribution in [-0.4, -0.2) is 22.2 Å². The van der Waals surface area contributed by atoms with E-state index in [0.29, 0.717) is 13.0 Å². The Balaban J connectivity index is 0.00000220. The molecule has 5 nitrogen and oxygen atoms in total. The van der Waals surface area contributed by atoms with Gasteiger partial charge in [0.1, 0.15) is 0 Å². The van der Waals surface area contributed by atoms with E-state index in [1.807, 2.05) is 20.9 Å². The van der Waals surface area contributed by atoms with Crippen molar-refractivity contribution in [2.45, 2.75) is 52.4 Å². The van der Waals surface area contributed by atoms with E-state index in [1.165, 1.54) is 19.3 Å². The molecule has 0 saturated heterocycles. The third-order valence-corrected chi connectivity index (χ3v) is 4.66. The summed E-state index contributed by atoms with van der Waals surface area (Å²) in [6, 6.07) is 0. The monoisotopic (exact) mass is 314 g/mol. The van der Waals surface area contributed by atoms with Gasteiger partial charge in [0, 0.05) is 13.5 Å². The summed E-state index contributed by atoms with van der Waals surface area (Å²) in [6.07, 6.45) is 6.32. The average molecular weight is 315 g/mol. The van der Waals surface area contributed by atoms with Gasteiger partial charge in [0.25, 0.3) is 0 Å². The molecule has 21 heavy (non-hydrogen) atoms. The van der Waals surface area contributed by atoms with E-state index >= 15 is 0 Å². The number of carbonyl (C=O) groups is 1. The Labute approximate surface area is 133 Å². The Hall–Kier alpha value is -1.07. The lowest BCUT2D eigenvalue weighted by Gasteiger charge is -2.35. The smallest absolute Gasteiger partial charge is 0.225 e. The number of halogens is 1. The van der Waals surface area contributed by atoms with Crippen LogP contribution in [0.1, 0.15) is 49.9 Å². The minimum absolute atomic E-state index is 0. The van der Waals surface area contributed by atoms with Crippen LogP contribution in [0.3, 0.4) is 0 Å². The summed E-state index contributed by atoms with van der Waals surface area (Å²) >= 11 is 0. The zero-order valence-electron chi connectivity index (χ0n) is 13.2. The summed E-state index contributed by atoms with van der Waals surface area (Å²) in [5.41, 5.74) is 8.65. The summed E-state index contributed by atoms with van der Waals surface area (Å²) in [4.78, 5) is 12.4. The van der Waals surface area contributed by atoms with E-state index in [2.05, 4.69) is 10.4 Å². The molecule has 1 aliphatic carbocycles. The Morgan fingerprint density at radius 1 is 1.33 bits per heavy atom. The summed E-state index contributed by atoms with van der Waals surface area (Å²) < 4.78 is 1.80. The molecule has 1 saturated carbocycles. The molecule has 0 atom stereocenters. The molecule has 0 aliphatic heterocycles. The van der Waals surface area contributed by atoms with Crippen molar-refractivity contribution < 1.29 is 4.79 Å². The maximum Gasteiger partial charge on any atom is 0.225 e. The van der Waals surface area contributed by atoms with E-state index in [0.717, 1.165) is 29.9 Å². The topological polar surface area (TPSA) is 72.9 Å². The van der Waals surface area contributed by atoms with Crippen LogP contribution in [0.2, 0.25) is 0 Å². The Bertz CT molecular complexity index is 492. The molecule has 120 valence electrons. The number of hydrogen-bond donors (Lipinski definition) is 2. The van der Waals surface area contributed by atoms with Crippen LogP contribution in [0.4, 0.5) is 5.69 Å². The van der Waals surface area contributed by atoms with Gasteiger partial charge in [-0.15, -0.1) is 12.4 Å². The number of aromatic nitrogens is 2. The molecule has 0 radical (unpaired) electrons. The van der Waals surface area contributed by atoms with Crippen LogP contribution in [0.5, 0.6) is 0 Å². The van der Waals surface area contributed by atoms with Crippen LogP contribution in [-0.2, 0) is 11.8 Å². The number of carbonyl (C=O) groups excluding carboxylic acids is 1. The van der Waals surface area contributed by atoms with Gasteiger partial charge in [0.05, 0.1) is 17.1 Å². The molecule has 1 aliphatic rings. The Kier molecular flexibility index (Phi) is 6.23. The van der Waals surface area contributed by atoms with Crippen molar-refractivity contribution in [2.24, 2.45) is 18.2 Å². The van der Waals surface area contributed by atoms with Gasteiger partial charge >= 0.3 is 0 Å². The zero-order chi connectivity index (χ0) is 14.8. The molecule has 1 aromatic heterocycles. The molecule has 1 fully saturated rings. The summed E-state index contributed by atoms with van der Waals surface area (Å²) in [5.74, 6) is 0.0663. The second kappa shape index (κ2) is 7.27. The Morgan fingerprint density at radius 3 is 2.43 bits per heavy atom. The summed E-state index contributed by atoms with van der Waals surface area (Å²) in [5, 5.41) is 7.35. The summed E-state index contributed by atoms with van der Waals surface area (Å²) in [6.45, 7) is 4.49. The van der Waals surface area contributed by atoms with Gasteiger partial charge in [-0.05, 0) is 38.6 Å². The molecule has 1 amide bonds. The number of rotatable bonds is 4. The van der Waals surface area contributed by atoms with E-state index in [4.69, 9.17) is 5.73 Å². The van der Waals surface area contributed by atoms with Gasteiger partial charge in [-0.25, -0.2) is 0 Å². The predicted molar refractivity (Wildman–Crippen MR) is 87.7 cm³/mol. The highest BCUT2D eigenvalue weighted by Crippen LogP contribution is 2.38. The van der Waals surface area contributed by atoms with Gasteiger partial charge < -0.3 is 11.1 Å². The highest BCUT2D eigenvalue weighted by Gasteiger charge is 2.33. The molecule has 0 unspecified atom stereocenters. The van der Waals surface area contributed by atoms with Crippen LogP contribution >= 0.6 is 12.4 Å². The third-order valence-electron chi connectivity index (χ3n) is 4.66. The largest absolute Gasteiger partial charge is 0.330 e. The fourth-order valence-corrected chi connectivity index (χ4v) is 3.23. The first-order valence-corrected chi connectivity index (χ1v) is 7.47. The van der Waals surface area contributed by atoms with Crippen LogP contribution in [0.25, 0.3) is 0 Å². The molecule has 0 aromatic carbocycles. The van der Waals surface area contributed by atoms with Crippen LogP contribution in [0.15, 0.2) is 0 Å². The number of amides is 1. The van der Waals surface area contributed by atoms with Gasteiger partial charge in [0.2, 0.25) is 5.91 Å². The number of nitrogens with two attached hydrogens (primary N) is 1. The van der Waals surface area contributed by atoms with E-state index < -0.39 is 0 Å². The lowest BCUT2D eigenvalue weighted by molar-refractivity contribution is -0.118. The molecule has 0 spiro atoms. The van der Waals surface area contributed by atoms with Crippen molar-refractivity contribution in [2.75, 3.05) is 11.9 Å². The minimum atomic E-state index is 0. The highest BCUT2D eigenvalue weighted by atomic mass is 35.5. The van der Waals surface area contributed by atoms with Crippen molar-refractivity contribution in [1.82, 2.24) is 9.78 Å². The second-order valence-electron chi connectivity index (χ2n) is 6.16. The number of nitrogens with zero attached hydrogens (tertiary/aromatic N) is 2. The predicted octanol–water partition coefficient (Wildman–Crippen LogP) is 2.70. The summed E-state index contributed by atoms with van der Waals surface area (Å²) in [7, 11) is 1.89. The highest BCUT2D eigenvalue weighted by molar-refractivity contribution is 5.92. The van der Waals surface area contributed by atoms with Crippen LogP contribution in [0, 0.1) is 19.3 Å². The number of anilines is 1. The SMILES string of the molecule is Cc1nn(C)c(C)c1NC(=O)CC1(CN)CCCCC1.Cl. The Morgan fingerprint density at radius 2 is 1.95 bits per heavy atom. The molecular formula is C15H27ClN4O. The number of aryl methyl sites for hydroxylation is 2. The average Bonchev–Trinajstić information content (AvgIpc) is 2.66. The molecule has 6 heteroatoms. The van der Waals surface area contributed by atoms with Gasteiger partial charge in [-0.1, -0.05) is 19.3 Å². The van der Waals surface area contributed by atoms with E-state index in [1.54, 1.807) is 4.68 Å². The van der Waals surface area contributed by atoms with Gasteiger partial charge in [0.15, 0.2) is 0 Å². The molecule has 2 rings (SSSR count).